The van der Waals surface area contributed by atoms with E-state index >= 15 is 0 Å². The molecule has 1 aromatic rings. The Hall–Kier alpha value is -1.29. The van der Waals surface area contributed by atoms with Crippen molar-refractivity contribution in [1.82, 2.24) is 0 Å². The van der Waals surface area contributed by atoms with Crippen LogP contribution in [0.4, 0.5) is 0 Å². The number of rotatable bonds is 6. The zero-order chi connectivity index (χ0) is 18.4. The van der Waals surface area contributed by atoms with Crippen molar-refractivity contribution in [2.45, 2.75) is 96.8 Å². The topological polar surface area (TPSA) is 23.8 Å². The number of nitrogens with zero attached hydrogens (tertiary/aromatic N) is 1. The van der Waals surface area contributed by atoms with Crippen molar-refractivity contribution < 1.29 is 0 Å². The average Bonchev–Trinajstić information content (AvgIpc) is 2.69. The van der Waals surface area contributed by atoms with Gasteiger partial charge in [-0.2, -0.15) is 5.26 Å². The second kappa shape index (κ2) is 9.07. The van der Waals surface area contributed by atoms with E-state index in [-0.39, 0.29) is 0 Å². The van der Waals surface area contributed by atoms with Crippen molar-refractivity contribution in [3.63, 3.8) is 0 Å². The molecule has 0 N–H and O–H groups in total. The molecular weight excluding hydrogens is 314 g/mol. The van der Waals surface area contributed by atoms with Gasteiger partial charge in [0.05, 0.1) is 11.6 Å². The number of unbranched alkanes of at least 4 members (excludes halogenated alkanes) is 2. The summed E-state index contributed by atoms with van der Waals surface area (Å²) < 4.78 is 0. The zero-order valence-electron chi connectivity index (χ0n) is 17.0. The normalized spacial score (nSPS) is 32.1. The van der Waals surface area contributed by atoms with Crippen LogP contribution in [0.25, 0.3) is 0 Å². The monoisotopic (exact) mass is 351 g/mol. The molecule has 1 heteroatoms. The van der Waals surface area contributed by atoms with Crippen LogP contribution in [-0.4, -0.2) is 0 Å². The molecular formula is C25H37N. The van der Waals surface area contributed by atoms with Gasteiger partial charge in [-0.25, -0.2) is 0 Å². The third-order valence-corrected chi connectivity index (χ3v) is 7.57. The second-order valence-electron chi connectivity index (χ2n) is 9.45. The Morgan fingerprint density at radius 3 is 2.12 bits per heavy atom. The molecule has 0 heterocycles. The molecule has 0 radical (unpaired) electrons. The first-order chi connectivity index (χ1) is 12.6. The van der Waals surface area contributed by atoms with Crippen LogP contribution >= 0.6 is 0 Å². The molecule has 2 aliphatic rings. The number of hydrogen-bond acceptors (Lipinski definition) is 1. The zero-order valence-corrected chi connectivity index (χ0v) is 17.0. The first-order valence-corrected chi connectivity index (χ1v) is 11.1. The molecule has 142 valence electrons. The molecule has 0 aliphatic heterocycles. The predicted octanol–water partition coefficient (Wildman–Crippen LogP) is 7.61. The van der Waals surface area contributed by atoms with Crippen molar-refractivity contribution in [3.05, 3.63) is 35.4 Å². The summed E-state index contributed by atoms with van der Waals surface area (Å²) in [4.78, 5) is 0. The molecule has 1 nitrogen and oxygen atoms in total. The number of benzene rings is 1. The highest BCUT2D eigenvalue weighted by atomic mass is 14.4. The third-order valence-electron chi connectivity index (χ3n) is 7.57. The molecule has 3 rings (SSSR count). The van der Waals surface area contributed by atoms with Gasteiger partial charge in [0.2, 0.25) is 0 Å². The lowest BCUT2D eigenvalue weighted by molar-refractivity contribution is 0.102. The largest absolute Gasteiger partial charge is 0.192 e. The van der Waals surface area contributed by atoms with E-state index < -0.39 is 0 Å². The highest BCUT2D eigenvalue weighted by Crippen LogP contribution is 2.48. The minimum atomic E-state index is 0.644. The fourth-order valence-corrected chi connectivity index (χ4v) is 5.61. The van der Waals surface area contributed by atoms with Gasteiger partial charge in [-0.1, -0.05) is 45.2 Å². The van der Waals surface area contributed by atoms with Crippen LogP contribution in [0.3, 0.4) is 0 Å². The maximum atomic E-state index is 8.96. The molecule has 2 aliphatic carbocycles. The molecule has 0 atom stereocenters. The third kappa shape index (κ3) is 4.91. The van der Waals surface area contributed by atoms with E-state index in [4.69, 9.17) is 5.26 Å². The highest BCUT2D eigenvalue weighted by Gasteiger charge is 2.35. The van der Waals surface area contributed by atoms with E-state index in [0.29, 0.717) is 5.41 Å². The molecule has 0 amide bonds. The van der Waals surface area contributed by atoms with Gasteiger partial charge in [-0.15, -0.1) is 0 Å². The van der Waals surface area contributed by atoms with Gasteiger partial charge in [0.25, 0.3) is 0 Å². The summed E-state index contributed by atoms with van der Waals surface area (Å²) in [6, 6.07) is 10.6. The van der Waals surface area contributed by atoms with E-state index in [1.54, 1.807) is 0 Å². The molecule has 0 unspecified atom stereocenters. The van der Waals surface area contributed by atoms with Crippen LogP contribution in [0.2, 0.25) is 0 Å². The van der Waals surface area contributed by atoms with Crippen molar-refractivity contribution in [2.24, 2.45) is 17.3 Å². The summed E-state index contributed by atoms with van der Waals surface area (Å²) in [6.45, 7) is 4.87. The average molecular weight is 352 g/mol. The van der Waals surface area contributed by atoms with Crippen molar-refractivity contribution >= 4 is 0 Å². The fraction of sp³-hybridized carbons (Fsp3) is 0.720. The Labute approximate surface area is 161 Å². The van der Waals surface area contributed by atoms with Crippen molar-refractivity contribution in [3.8, 4) is 6.07 Å². The molecule has 0 aromatic heterocycles. The van der Waals surface area contributed by atoms with E-state index in [0.717, 1.165) is 23.3 Å². The SMILES string of the molecule is CCCCCC1(C)CCC(C2CCC(c3ccc(C#N)cc3)CC2)CC1. The standard InChI is InChI=1S/C25H37N/c1-3-4-5-16-25(2)17-14-24(15-18-25)23-12-10-22(11-13-23)21-8-6-20(19-26)7-9-21/h6-9,22-24H,3-5,10-18H2,1-2H3. The van der Waals surface area contributed by atoms with Gasteiger partial charge in [0.1, 0.15) is 0 Å². The maximum Gasteiger partial charge on any atom is 0.0991 e. The first-order valence-electron chi connectivity index (χ1n) is 11.1. The molecule has 26 heavy (non-hydrogen) atoms. The quantitative estimate of drug-likeness (QED) is 0.484. The fourth-order valence-electron chi connectivity index (χ4n) is 5.61. The smallest absolute Gasteiger partial charge is 0.0991 e. The lowest BCUT2D eigenvalue weighted by Gasteiger charge is -2.42. The minimum absolute atomic E-state index is 0.644. The first kappa shape index (κ1) is 19.5. The minimum Gasteiger partial charge on any atom is -0.192 e. The maximum absolute atomic E-state index is 8.96. The van der Waals surface area contributed by atoms with Crippen molar-refractivity contribution in [1.29, 1.82) is 5.26 Å². The summed E-state index contributed by atoms with van der Waals surface area (Å²) in [7, 11) is 0. The predicted molar refractivity (Wildman–Crippen MR) is 110 cm³/mol. The van der Waals surface area contributed by atoms with E-state index in [1.165, 1.54) is 82.6 Å². The molecule has 2 fully saturated rings. The van der Waals surface area contributed by atoms with E-state index in [9.17, 15) is 0 Å². The van der Waals surface area contributed by atoms with Crippen LogP contribution in [0.1, 0.15) is 108 Å². The highest BCUT2D eigenvalue weighted by molar-refractivity contribution is 5.33. The Morgan fingerprint density at radius 1 is 0.923 bits per heavy atom. The van der Waals surface area contributed by atoms with Gasteiger partial charge in [0, 0.05) is 0 Å². The second-order valence-corrected chi connectivity index (χ2v) is 9.45. The Bertz CT molecular complexity index is 578. The Morgan fingerprint density at radius 2 is 1.54 bits per heavy atom. The van der Waals surface area contributed by atoms with Gasteiger partial charge < -0.3 is 0 Å². The van der Waals surface area contributed by atoms with Gasteiger partial charge in [-0.05, 0) is 98.7 Å². The lowest BCUT2D eigenvalue weighted by Crippen LogP contribution is -2.30. The van der Waals surface area contributed by atoms with Crippen molar-refractivity contribution in [2.75, 3.05) is 0 Å². The van der Waals surface area contributed by atoms with Gasteiger partial charge >= 0.3 is 0 Å². The summed E-state index contributed by atoms with van der Waals surface area (Å²) in [5, 5.41) is 8.96. The molecule has 0 saturated heterocycles. The molecule has 0 spiro atoms. The van der Waals surface area contributed by atoms with Gasteiger partial charge in [0.15, 0.2) is 0 Å². The molecule has 2 saturated carbocycles. The molecule has 0 bridgehead atoms. The van der Waals surface area contributed by atoms with Crippen LogP contribution in [0, 0.1) is 28.6 Å². The summed E-state index contributed by atoms with van der Waals surface area (Å²) in [6.07, 6.45) is 17.1. The van der Waals surface area contributed by atoms with Crippen LogP contribution in [-0.2, 0) is 0 Å². The summed E-state index contributed by atoms with van der Waals surface area (Å²) in [5.74, 6) is 2.70. The molecule has 1 aromatic carbocycles. The van der Waals surface area contributed by atoms with E-state index in [1.807, 2.05) is 12.1 Å². The summed E-state index contributed by atoms with van der Waals surface area (Å²) in [5.41, 5.74) is 2.88. The van der Waals surface area contributed by atoms with Crippen LogP contribution in [0.15, 0.2) is 24.3 Å². The van der Waals surface area contributed by atoms with E-state index in [2.05, 4.69) is 32.0 Å². The number of hydrogen-bond donors (Lipinski definition) is 0. The number of nitriles is 1. The van der Waals surface area contributed by atoms with Gasteiger partial charge in [-0.3, -0.25) is 0 Å². The Balaban J connectivity index is 1.45. The lowest BCUT2D eigenvalue weighted by atomic mass is 9.63. The van der Waals surface area contributed by atoms with Crippen LogP contribution < -0.4 is 0 Å². The summed E-state index contributed by atoms with van der Waals surface area (Å²) >= 11 is 0. The van der Waals surface area contributed by atoms with Crippen LogP contribution in [0.5, 0.6) is 0 Å². The Kier molecular flexibility index (Phi) is 6.80.